The van der Waals surface area contributed by atoms with Gasteiger partial charge in [-0.25, -0.2) is 4.52 Å². The third-order valence-corrected chi connectivity index (χ3v) is 4.46. The molecule has 126 valence electrons. The first kappa shape index (κ1) is 16.3. The lowest BCUT2D eigenvalue weighted by Gasteiger charge is -2.10. The average molecular weight is 346 g/mol. The molecule has 0 saturated heterocycles. The van der Waals surface area contributed by atoms with E-state index in [1.807, 2.05) is 32.9 Å². The van der Waals surface area contributed by atoms with E-state index in [0.29, 0.717) is 18.1 Å². The maximum atomic E-state index is 12.0. The number of hydrogen-bond acceptors (Lipinski definition) is 6. The monoisotopic (exact) mass is 346 g/mol. The summed E-state index contributed by atoms with van der Waals surface area (Å²) in [6, 6.07) is 7.23. The van der Waals surface area contributed by atoms with E-state index in [9.17, 15) is 4.79 Å². The number of hydrogen-bond donors (Lipinski definition) is 1. The summed E-state index contributed by atoms with van der Waals surface area (Å²) >= 11 is 1.53. The van der Waals surface area contributed by atoms with E-state index in [0.717, 1.165) is 15.5 Å². The number of nitrogens with zero attached hydrogens (tertiary/aromatic N) is 3. The van der Waals surface area contributed by atoms with Crippen molar-refractivity contribution >= 4 is 28.2 Å². The molecule has 0 fully saturated rings. The molecule has 8 heteroatoms. The lowest BCUT2D eigenvalue weighted by atomic mass is 10.3. The number of amides is 1. The quantitative estimate of drug-likeness (QED) is 0.742. The largest absolute Gasteiger partial charge is 0.490 e. The standard InChI is InChI=1S/C16H18N4O3S/c1-4-22-12-7-5-6-8-13(12)23-9-14(21)17-15-18-16-20(19-15)10(2)11(3)24-16/h5-8H,4,9H2,1-3H3,(H,17,19,21). The number of aryl methyl sites for hydroxylation is 2. The summed E-state index contributed by atoms with van der Waals surface area (Å²) in [5, 5.41) is 6.92. The first-order chi connectivity index (χ1) is 11.6. The average Bonchev–Trinajstić information content (AvgIpc) is 3.06. The van der Waals surface area contributed by atoms with Crippen molar-refractivity contribution in [2.24, 2.45) is 0 Å². The second-order valence-corrected chi connectivity index (χ2v) is 6.27. The van der Waals surface area contributed by atoms with Gasteiger partial charge in [-0.1, -0.05) is 23.5 Å². The summed E-state index contributed by atoms with van der Waals surface area (Å²) in [5.41, 5.74) is 1.02. The molecule has 2 heterocycles. The van der Waals surface area contributed by atoms with Crippen LogP contribution in [0.4, 0.5) is 5.95 Å². The number of carbonyl (C=O) groups is 1. The molecule has 0 aliphatic carbocycles. The molecular formula is C16H18N4O3S. The van der Waals surface area contributed by atoms with Crippen LogP contribution in [0.25, 0.3) is 4.96 Å². The molecule has 1 amide bonds. The van der Waals surface area contributed by atoms with Crippen molar-refractivity contribution in [3.63, 3.8) is 0 Å². The summed E-state index contributed by atoms with van der Waals surface area (Å²) in [6.45, 7) is 6.25. The molecule has 3 aromatic rings. The highest BCUT2D eigenvalue weighted by molar-refractivity contribution is 7.17. The number of rotatable bonds is 6. The summed E-state index contributed by atoms with van der Waals surface area (Å²) in [4.78, 5) is 18.2. The van der Waals surface area contributed by atoms with Crippen LogP contribution in [0.15, 0.2) is 24.3 Å². The number of thiazole rings is 1. The number of nitrogens with one attached hydrogen (secondary N) is 1. The van der Waals surface area contributed by atoms with Gasteiger partial charge in [-0.3, -0.25) is 10.1 Å². The summed E-state index contributed by atoms with van der Waals surface area (Å²) in [7, 11) is 0. The maximum Gasteiger partial charge on any atom is 0.264 e. The lowest BCUT2D eigenvalue weighted by molar-refractivity contribution is -0.118. The zero-order valence-corrected chi connectivity index (χ0v) is 14.5. The second-order valence-electron chi connectivity index (χ2n) is 5.09. The van der Waals surface area contributed by atoms with Crippen molar-refractivity contribution in [1.82, 2.24) is 14.6 Å². The molecule has 1 aromatic carbocycles. The highest BCUT2D eigenvalue weighted by Gasteiger charge is 2.13. The van der Waals surface area contributed by atoms with Crippen LogP contribution in [0, 0.1) is 13.8 Å². The van der Waals surface area contributed by atoms with Gasteiger partial charge in [-0.15, -0.1) is 5.10 Å². The van der Waals surface area contributed by atoms with E-state index >= 15 is 0 Å². The van der Waals surface area contributed by atoms with Gasteiger partial charge in [0.2, 0.25) is 4.96 Å². The Balaban J connectivity index is 1.63. The third kappa shape index (κ3) is 3.33. The molecule has 0 atom stereocenters. The Morgan fingerprint density at radius 2 is 1.96 bits per heavy atom. The Kier molecular flexibility index (Phi) is 4.66. The van der Waals surface area contributed by atoms with E-state index in [1.165, 1.54) is 11.3 Å². The minimum Gasteiger partial charge on any atom is -0.490 e. The van der Waals surface area contributed by atoms with E-state index < -0.39 is 0 Å². The van der Waals surface area contributed by atoms with Gasteiger partial charge in [0.1, 0.15) is 0 Å². The fourth-order valence-corrected chi connectivity index (χ4v) is 3.05. The molecule has 0 aliphatic heterocycles. The van der Waals surface area contributed by atoms with E-state index in [2.05, 4.69) is 15.4 Å². The molecule has 0 spiro atoms. The number of para-hydroxylation sites is 2. The van der Waals surface area contributed by atoms with E-state index in [-0.39, 0.29) is 18.5 Å². The SMILES string of the molecule is CCOc1ccccc1OCC(=O)Nc1nc2sc(C)c(C)n2n1. The van der Waals surface area contributed by atoms with Gasteiger partial charge in [-0.05, 0) is 32.9 Å². The Morgan fingerprint density at radius 1 is 1.25 bits per heavy atom. The van der Waals surface area contributed by atoms with Gasteiger partial charge in [0, 0.05) is 4.88 Å². The van der Waals surface area contributed by atoms with E-state index in [1.54, 1.807) is 16.6 Å². The predicted octanol–water partition coefficient (Wildman–Crippen LogP) is 2.82. The molecule has 3 rings (SSSR count). The highest BCUT2D eigenvalue weighted by Crippen LogP contribution is 2.26. The number of benzene rings is 1. The molecule has 0 bridgehead atoms. The third-order valence-electron chi connectivity index (χ3n) is 3.41. The van der Waals surface area contributed by atoms with Crippen LogP contribution in [0.5, 0.6) is 11.5 Å². The van der Waals surface area contributed by atoms with Crippen molar-refractivity contribution in [1.29, 1.82) is 0 Å². The topological polar surface area (TPSA) is 77.8 Å². The summed E-state index contributed by atoms with van der Waals surface area (Å²) in [5.74, 6) is 1.09. The molecule has 0 radical (unpaired) electrons. The van der Waals surface area contributed by atoms with Crippen molar-refractivity contribution in [3.05, 3.63) is 34.8 Å². The Morgan fingerprint density at radius 3 is 2.62 bits per heavy atom. The van der Waals surface area contributed by atoms with Crippen LogP contribution in [0.1, 0.15) is 17.5 Å². The normalized spacial score (nSPS) is 10.8. The van der Waals surface area contributed by atoms with Gasteiger partial charge in [0.05, 0.1) is 12.3 Å². The zero-order valence-electron chi connectivity index (χ0n) is 13.7. The van der Waals surface area contributed by atoms with Crippen LogP contribution in [0.2, 0.25) is 0 Å². The van der Waals surface area contributed by atoms with Crippen molar-refractivity contribution in [3.8, 4) is 11.5 Å². The van der Waals surface area contributed by atoms with Gasteiger partial charge in [0.15, 0.2) is 18.1 Å². The van der Waals surface area contributed by atoms with Crippen molar-refractivity contribution in [2.75, 3.05) is 18.5 Å². The minimum atomic E-state index is -0.325. The summed E-state index contributed by atoms with van der Waals surface area (Å²) < 4.78 is 12.7. The van der Waals surface area contributed by atoms with E-state index in [4.69, 9.17) is 9.47 Å². The van der Waals surface area contributed by atoms with Gasteiger partial charge in [0.25, 0.3) is 11.9 Å². The van der Waals surface area contributed by atoms with Crippen LogP contribution in [-0.2, 0) is 4.79 Å². The number of aromatic nitrogens is 3. The molecule has 7 nitrogen and oxygen atoms in total. The molecule has 2 aromatic heterocycles. The van der Waals surface area contributed by atoms with Crippen LogP contribution in [-0.4, -0.2) is 33.7 Å². The molecule has 0 saturated carbocycles. The Bertz CT molecular complexity index is 871. The number of carbonyl (C=O) groups excluding carboxylic acids is 1. The fourth-order valence-electron chi connectivity index (χ4n) is 2.14. The van der Waals surface area contributed by atoms with Gasteiger partial charge < -0.3 is 9.47 Å². The van der Waals surface area contributed by atoms with Crippen molar-refractivity contribution in [2.45, 2.75) is 20.8 Å². The molecule has 1 N–H and O–H groups in total. The lowest BCUT2D eigenvalue weighted by Crippen LogP contribution is -2.21. The minimum absolute atomic E-state index is 0.144. The second kappa shape index (κ2) is 6.88. The highest BCUT2D eigenvalue weighted by atomic mass is 32.1. The number of fused-ring (bicyclic) bond motifs is 1. The zero-order chi connectivity index (χ0) is 17.1. The molecular weight excluding hydrogens is 328 g/mol. The number of ether oxygens (including phenoxy) is 2. The Labute approximate surface area is 143 Å². The fraction of sp³-hybridized carbons (Fsp3) is 0.312. The van der Waals surface area contributed by atoms with Crippen LogP contribution >= 0.6 is 11.3 Å². The van der Waals surface area contributed by atoms with Crippen LogP contribution in [0.3, 0.4) is 0 Å². The first-order valence-corrected chi connectivity index (χ1v) is 8.37. The van der Waals surface area contributed by atoms with Crippen molar-refractivity contribution < 1.29 is 14.3 Å². The molecule has 24 heavy (non-hydrogen) atoms. The Hall–Kier alpha value is -2.61. The van der Waals surface area contributed by atoms with Gasteiger partial charge in [-0.2, -0.15) is 4.98 Å². The maximum absolute atomic E-state index is 12.0. The van der Waals surface area contributed by atoms with Crippen LogP contribution < -0.4 is 14.8 Å². The first-order valence-electron chi connectivity index (χ1n) is 7.55. The molecule has 0 aliphatic rings. The smallest absolute Gasteiger partial charge is 0.264 e. The summed E-state index contributed by atoms with van der Waals surface area (Å²) in [6.07, 6.45) is 0. The molecule has 0 unspecified atom stereocenters. The predicted molar refractivity (Wildman–Crippen MR) is 92.1 cm³/mol. The number of anilines is 1. The van der Waals surface area contributed by atoms with Gasteiger partial charge >= 0.3 is 0 Å².